The highest BCUT2D eigenvalue weighted by atomic mass is 16.5. The summed E-state index contributed by atoms with van der Waals surface area (Å²) in [6, 6.07) is 16.3. The smallest absolute Gasteiger partial charge is 0.339 e. The Kier molecular flexibility index (Phi) is 6.08. The number of ether oxygens (including phenoxy) is 2. The van der Waals surface area contributed by atoms with E-state index >= 15 is 0 Å². The average Bonchev–Trinajstić information content (AvgIpc) is 3.03. The average molecular weight is 446 g/mol. The number of imide groups is 2. The fourth-order valence-corrected chi connectivity index (χ4v) is 3.65. The van der Waals surface area contributed by atoms with Crippen molar-refractivity contribution in [3.63, 3.8) is 0 Å². The van der Waals surface area contributed by atoms with Gasteiger partial charge in [0.2, 0.25) is 0 Å². The van der Waals surface area contributed by atoms with Crippen LogP contribution in [0.25, 0.3) is 10.8 Å². The van der Waals surface area contributed by atoms with Crippen LogP contribution in [-0.4, -0.2) is 48.3 Å². The van der Waals surface area contributed by atoms with E-state index in [2.05, 4.69) is 0 Å². The summed E-state index contributed by atoms with van der Waals surface area (Å²) in [4.78, 5) is 52.4. The number of nitrogens with zero attached hydrogens (tertiary/aromatic N) is 2. The van der Waals surface area contributed by atoms with Crippen LogP contribution in [0.15, 0.2) is 60.7 Å². The fraction of sp³-hybridized carbons (Fsp3) is 0.200. The van der Waals surface area contributed by atoms with E-state index in [9.17, 15) is 19.2 Å². The highest BCUT2D eigenvalue weighted by Gasteiger charge is 2.46. The van der Waals surface area contributed by atoms with Crippen LogP contribution in [0.1, 0.15) is 24.2 Å². The standard InChI is InChI=1S/C25H22N2O6/c1-3-32-21-12-11-19(14-22(21)33-4-2)27-24(30)23(29)26(25(27)31)15-20(28)18-10-9-16-7-5-6-8-17(16)13-18/h5-14H,3-4,15H2,1-2H3. The summed E-state index contributed by atoms with van der Waals surface area (Å²) in [7, 11) is 0. The Morgan fingerprint density at radius 3 is 2.21 bits per heavy atom. The normalized spacial score (nSPS) is 13.7. The zero-order chi connectivity index (χ0) is 23.5. The molecule has 168 valence electrons. The van der Waals surface area contributed by atoms with Crippen LogP contribution in [0.2, 0.25) is 0 Å². The third kappa shape index (κ3) is 4.15. The van der Waals surface area contributed by atoms with Crippen molar-refractivity contribution >= 4 is 40.1 Å². The number of hydrogen-bond donors (Lipinski definition) is 0. The van der Waals surface area contributed by atoms with Crippen molar-refractivity contribution in [1.82, 2.24) is 4.90 Å². The monoisotopic (exact) mass is 446 g/mol. The third-order valence-electron chi connectivity index (χ3n) is 5.21. The number of carbonyl (C=O) groups is 4. The predicted molar refractivity (Wildman–Crippen MR) is 122 cm³/mol. The first-order chi connectivity index (χ1) is 15.9. The van der Waals surface area contributed by atoms with Crippen LogP contribution >= 0.6 is 0 Å². The predicted octanol–water partition coefficient (Wildman–Crippen LogP) is 3.82. The van der Waals surface area contributed by atoms with E-state index in [1.165, 1.54) is 12.1 Å². The summed E-state index contributed by atoms with van der Waals surface area (Å²) in [5.41, 5.74) is 0.505. The minimum Gasteiger partial charge on any atom is -0.490 e. The summed E-state index contributed by atoms with van der Waals surface area (Å²) >= 11 is 0. The summed E-state index contributed by atoms with van der Waals surface area (Å²) in [6.45, 7) is 3.83. The minimum absolute atomic E-state index is 0.158. The lowest BCUT2D eigenvalue weighted by molar-refractivity contribution is -0.139. The van der Waals surface area contributed by atoms with Crippen LogP contribution < -0.4 is 14.4 Å². The number of benzene rings is 3. The molecule has 0 radical (unpaired) electrons. The lowest BCUT2D eigenvalue weighted by Gasteiger charge is -2.17. The van der Waals surface area contributed by atoms with Crippen LogP contribution in [0.4, 0.5) is 10.5 Å². The number of ketones is 1. The van der Waals surface area contributed by atoms with Gasteiger partial charge >= 0.3 is 17.8 Å². The molecule has 1 fully saturated rings. The number of hydrogen-bond acceptors (Lipinski definition) is 6. The molecule has 8 nitrogen and oxygen atoms in total. The van der Waals surface area contributed by atoms with Crippen molar-refractivity contribution in [2.24, 2.45) is 0 Å². The van der Waals surface area contributed by atoms with Gasteiger partial charge in [0.15, 0.2) is 17.3 Å². The van der Waals surface area contributed by atoms with Crippen molar-refractivity contribution < 1.29 is 28.7 Å². The van der Waals surface area contributed by atoms with Gasteiger partial charge in [-0.3, -0.25) is 14.4 Å². The first-order valence-electron chi connectivity index (χ1n) is 10.6. The maximum Gasteiger partial charge on any atom is 0.339 e. The van der Waals surface area contributed by atoms with Crippen LogP contribution in [-0.2, 0) is 9.59 Å². The van der Waals surface area contributed by atoms with Gasteiger partial charge in [-0.15, -0.1) is 0 Å². The van der Waals surface area contributed by atoms with Crippen molar-refractivity contribution in [2.45, 2.75) is 13.8 Å². The van der Waals surface area contributed by atoms with Gasteiger partial charge in [0, 0.05) is 11.6 Å². The van der Waals surface area contributed by atoms with E-state index in [1.807, 2.05) is 31.2 Å². The number of urea groups is 1. The van der Waals surface area contributed by atoms with Gasteiger partial charge in [-0.25, -0.2) is 14.6 Å². The molecule has 1 aliphatic rings. The summed E-state index contributed by atoms with van der Waals surface area (Å²) in [5.74, 6) is -1.73. The summed E-state index contributed by atoms with van der Waals surface area (Å²) in [6.07, 6.45) is 0. The first-order valence-corrected chi connectivity index (χ1v) is 10.6. The SMILES string of the molecule is CCOc1ccc(N2C(=O)C(=O)N(CC(=O)c3ccc4ccccc4c3)C2=O)cc1OCC. The Hall–Kier alpha value is -4.20. The Balaban J connectivity index is 1.58. The highest BCUT2D eigenvalue weighted by Crippen LogP contribution is 2.34. The molecule has 0 unspecified atom stereocenters. The molecule has 4 amide bonds. The Labute approximate surface area is 190 Å². The van der Waals surface area contributed by atoms with Gasteiger partial charge < -0.3 is 9.47 Å². The zero-order valence-electron chi connectivity index (χ0n) is 18.2. The van der Waals surface area contributed by atoms with Crippen molar-refractivity contribution in [1.29, 1.82) is 0 Å². The molecule has 33 heavy (non-hydrogen) atoms. The topological polar surface area (TPSA) is 93.2 Å². The molecule has 0 saturated carbocycles. The second-order valence-corrected chi connectivity index (χ2v) is 7.30. The van der Waals surface area contributed by atoms with E-state index in [0.717, 1.165) is 15.7 Å². The second kappa shape index (κ2) is 9.12. The lowest BCUT2D eigenvalue weighted by Crippen LogP contribution is -2.37. The van der Waals surface area contributed by atoms with Gasteiger partial charge in [-0.1, -0.05) is 36.4 Å². The Bertz CT molecular complexity index is 1270. The third-order valence-corrected chi connectivity index (χ3v) is 5.21. The minimum atomic E-state index is -1.05. The van der Waals surface area contributed by atoms with E-state index in [4.69, 9.17) is 9.47 Å². The number of Topliss-reactive ketones (excluding diaryl/α,β-unsaturated/α-hetero) is 1. The van der Waals surface area contributed by atoms with Gasteiger partial charge in [0.05, 0.1) is 25.4 Å². The Morgan fingerprint density at radius 1 is 0.788 bits per heavy atom. The molecule has 0 N–H and O–H groups in total. The van der Waals surface area contributed by atoms with Gasteiger partial charge in [-0.05, 0) is 42.8 Å². The molecule has 0 atom stereocenters. The van der Waals surface area contributed by atoms with Gasteiger partial charge in [-0.2, -0.15) is 0 Å². The number of anilines is 1. The lowest BCUT2D eigenvalue weighted by atomic mass is 10.0. The molecule has 0 bridgehead atoms. The second-order valence-electron chi connectivity index (χ2n) is 7.30. The van der Waals surface area contributed by atoms with Crippen molar-refractivity contribution in [3.05, 3.63) is 66.2 Å². The van der Waals surface area contributed by atoms with Crippen LogP contribution in [0, 0.1) is 0 Å². The zero-order valence-corrected chi connectivity index (χ0v) is 18.2. The fourth-order valence-electron chi connectivity index (χ4n) is 3.65. The molecule has 0 aromatic heterocycles. The molecule has 8 heteroatoms. The van der Waals surface area contributed by atoms with E-state index < -0.39 is 30.2 Å². The van der Waals surface area contributed by atoms with Gasteiger partial charge in [0.25, 0.3) is 0 Å². The molecular weight excluding hydrogens is 424 g/mol. The Morgan fingerprint density at radius 2 is 1.48 bits per heavy atom. The van der Waals surface area contributed by atoms with Crippen LogP contribution in [0.5, 0.6) is 11.5 Å². The first kappa shape index (κ1) is 22.0. The highest BCUT2D eigenvalue weighted by molar-refractivity contribution is 6.53. The van der Waals surface area contributed by atoms with Crippen LogP contribution in [0.3, 0.4) is 0 Å². The molecule has 0 aliphatic carbocycles. The van der Waals surface area contributed by atoms with Crippen molar-refractivity contribution in [3.8, 4) is 11.5 Å². The molecule has 3 aromatic rings. The largest absolute Gasteiger partial charge is 0.490 e. The maximum absolute atomic E-state index is 13.0. The number of fused-ring (bicyclic) bond motifs is 1. The van der Waals surface area contributed by atoms with Crippen molar-refractivity contribution in [2.75, 3.05) is 24.7 Å². The number of carbonyl (C=O) groups excluding carboxylic acids is 4. The number of amides is 4. The molecule has 1 aliphatic heterocycles. The summed E-state index contributed by atoms with van der Waals surface area (Å²) < 4.78 is 11.0. The number of rotatable bonds is 8. The molecule has 1 saturated heterocycles. The molecule has 0 spiro atoms. The van der Waals surface area contributed by atoms with E-state index in [1.54, 1.807) is 31.2 Å². The quantitative estimate of drug-likeness (QED) is 0.297. The summed E-state index contributed by atoms with van der Waals surface area (Å²) in [5, 5.41) is 1.82. The van der Waals surface area contributed by atoms with Gasteiger partial charge in [0.1, 0.15) is 0 Å². The molecule has 4 rings (SSSR count). The van der Waals surface area contributed by atoms with E-state index in [0.29, 0.717) is 35.2 Å². The maximum atomic E-state index is 13.0. The van der Waals surface area contributed by atoms with E-state index in [-0.39, 0.29) is 5.69 Å². The molecule has 1 heterocycles. The molecule has 3 aromatic carbocycles. The molecular formula is C25H22N2O6.